The third-order valence-electron chi connectivity index (χ3n) is 2.85. The number of aliphatic hydroxyl groups excluding tert-OH is 1. The summed E-state index contributed by atoms with van der Waals surface area (Å²) < 4.78 is 11.6. The van der Waals surface area contributed by atoms with Gasteiger partial charge in [0.15, 0.2) is 12.0 Å². The van der Waals surface area contributed by atoms with Crippen molar-refractivity contribution in [2.24, 2.45) is 0 Å². The molecule has 3 atom stereocenters. The molecule has 8 nitrogen and oxygen atoms in total. The first-order valence-corrected chi connectivity index (χ1v) is 5.37. The Hall–Kier alpha value is -1.48. The van der Waals surface area contributed by atoms with E-state index < -0.39 is 30.4 Å². The number of rotatable bonds is 3. The minimum absolute atomic E-state index is 0.0570. The van der Waals surface area contributed by atoms with Crippen LogP contribution in [0.4, 0.5) is 5.82 Å². The normalized spacial score (nSPS) is 31.7. The van der Waals surface area contributed by atoms with Crippen LogP contribution in [0.2, 0.25) is 0 Å². The summed E-state index contributed by atoms with van der Waals surface area (Å²) in [6.07, 6.45) is 0.0457. The maximum atomic E-state index is 11.7. The Balaban J connectivity index is 2.34. The largest absolute Gasteiger partial charge is 0.391 e. The summed E-state index contributed by atoms with van der Waals surface area (Å²) >= 11 is 0. The summed E-state index contributed by atoms with van der Waals surface area (Å²) in [5.41, 5.74) is 4.78. The summed E-state index contributed by atoms with van der Waals surface area (Å²) in [7, 11) is 1.43. The van der Waals surface area contributed by atoms with E-state index in [4.69, 9.17) is 20.3 Å². The first kappa shape index (κ1) is 13.0. The highest BCUT2D eigenvalue weighted by Crippen LogP contribution is 2.35. The molecule has 2 rings (SSSR count). The number of hydrogen-bond acceptors (Lipinski definition) is 7. The van der Waals surface area contributed by atoms with Gasteiger partial charge in [0.05, 0.1) is 6.61 Å². The lowest BCUT2D eigenvalue weighted by atomic mass is 10.1. The fourth-order valence-electron chi connectivity index (χ4n) is 1.92. The van der Waals surface area contributed by atoms with Crippen LogP contribution in [0.15, 0.2) is 17.1 Å². The molecule has 1 saturated heterocycles. The number of nitrogen functional groups attached to an aromatic ring is 1. The smallest absolute Gasteiger partial charge is 0.351 e. The van der Waals surface area contributed by atoms with Crippen LogP contribution in [0.1, 0.15) is 12.6 Å². The van der Waals surface area contributed by atoms with E-state index in [1.807, 2.05) is 0 Å². The Kier molecular flexibility index (Phi) is 3.35. The van der Waals surface area contributed by atoms with Gasteiger partial charge in [-0.2, -0.15) is 4.98 Å². The molecule has 1 aromatic rings. The molecule has 0 aliphatic carbocycles. The van der Waals surface area contributed by atoms with Gasteiger partial charge in [0, 0.05) is 19.7 Å². The summed E-state index contributed by atoms with van der Waals surface area (Å²) in [4.78, 5) is 15.2. The van der Waals surface area contributed by atoms with Crippen LogP contribution in [0.3, 0.4) is 0 Å². The molecule has 2 heterocycles. The molecule has 0 unspecified atom stereocenters. The van der Waals surface area contributed by atoms with Crippen molar-refractivity contribution in [1.29, 1.82) is 0 Å². The summed E-state index contributed by atoms with van der Waals surface area (Å²) in [6.45, 7) is -0.583. The van der Waals surface area contributed by atoms with E-state index in [-0.39, 0.29) is 12.2 Å². The van der Waals surface area contributed by atoms with Crippen molar-refractivity contribution < 1.29 is 19.7 Å². The van der Waals surface area contributed by atoms with Crippen LogP contribution in [-0.2, 0) is 9.47 Å². The standard InChI is InChI=1S/C10H15N3O5/c1-17-6-4-10(16,5-14)18-8(6)13-3-2-7(11)12-9(13)15/h2-3,6,8,14,16H,4-5H2,1H3,(H2,11,12,15)/t6-,8-,10+/m1/s1. The van der Waals surface area contributed by atoms with E-state index in [2.05, 4.69) is 4.98 Å². The first-order chi connectivity index (χ1) is 8.49. The zero-order chi connectivity index (χ0) is 13.3. The average Bonchev–Trinajstić information content (AvgIpc) is 2.67. The van der Waals surface area contributed by atoms with Gasteiger partial charge in [0.25, 0.3) is 0 Å². The molecule has 1 aromatic heterocycles. The van der Waals surface area contributed by atoms with Crippen molar-refractivity contribution >= 4 is 5.82 Å². The number of nitrogens with zero attached hydrogens (tertiary/aromatic N) is 2. The molecule has 0 saturated carbocycles. The molecule has 0 radical (unpaired) electrons. The van der Waals surface area contributed by atoms with E-state index in [0.717, 1.165) is 4.57 Å². The van der Waals surface area contributed by atoms with E-state index >= 15 is 0 Å². The molecular formula is C10H15N3O5. The number of anilines is 1. The second-order valence-electron chi connectivity index (χ2n) is 4.13. The van der Waals surface area contributed by atoms with Crippen molar-refractivity contribution in [2.45, 2.75) is 24.5 Å². The molecule has 1 fully saturated rings. The van der Waals surface area contributed by atoms with Gasteiger partial charge in [-0.15, -0.1) is 0 Å². The number of methoxy groups -OCH3 is 1. The van der Waals surface area contributed by atoms with Gasteiger partial charge in [-0.05, 0) is 6.07 Å². The molecule has 1 aliphatic heterocycles. The number of aliphatic hydroxyl groups is 2. The van der Waals surface area contributed by atoms with Gasteiger partial charge in [0.1, 0.15) is 11.9 Å². The van der Waals surface area contributed by atoms with Crippen molar-refractivity contribution in [3.63, 3.8) is 0 Å². The van der Waals surface area contributed by atoms with Crippen LogP contribution in [0, 0.1) is 0 Å². The molecule has 0 bridgehead atoms. The van der Waals surface area contributed by atoms with Crippen molar-refractivity contribution in [2.75, 3.05) is 19.5 Å². The van der Waals surface area contributed by atoms with Crippen molar-refractivity contribution in [3.8, 4) is 0 Å². The molecule has 0 aromatic carbocycles. The maximum absolute atomic E-state index is 11.7. The van der Waals surface area contributed by atoms with Gasteiger partial charge >= 0.3 is 5.69 Å². The highest BCUT2D eigenvalue weighted by molar-refractivity contribution is 5.23. The molecule has 0 spiro atoms. The predicted octanol–water partition coefficient (Wildman–Crippen LogP) is -1.56. The Morgan fingerprint density at radius 2 is 2.50 bits per heavy atom. The highest BCUT2D eigenvalue weighted by atomic mass is 16.7. The van der Waals surface area contributed by atoms with Crippen LogP contribution >= 0.6 is 0 Å². The quantitative estimate of drug-likeness (QED) is 0.599. The zero-order valence-electron chi connectivity index (χ0n) is 9.81. The number of nitrogens with two attached hydrogens (primary N) is 1. The first-order valence-electron chi connectivity index (χ1n) is 5.37. The molecule has 100 valence electrons. The monoisotopic (exact) mass is 257 g/mol. The molecule has 1 aliphatic rings. The van der Waals surface area contributed by atoms with E-state index in [0.29, 0.717) is 0 Å². The molecule has 18 heavy (non-hydrogen) atoms. The molecule has 4 N–H and O–H groups in total. The molecule has 0 amide bonds. The van der Waals surface area contributed by atoms with Gasteiger partial charge in [0.2, 0.25) is 0 Å². The second-order valence-corrected chi connectivity index (χ2v) is 4.13. The second kappa shape index (κ2) is 4.65. The number of ether oxygens (including phenoxy) is 2. The van der Waals surface area contributed by atoms with Gasteiger partial charge in [-0.25, -0.2) is 4.79 Å². The van der Waals surface area contributed by atoms with Crippen LogP contribution in [0.5, 0.6) is 0 Å². The SMILES string of the molecule is CO[C@@H]1C[C@@](O)(CO)O[C@H]1n1ccc(N)nc1=O. The minimum Gasteiger partial charge on any atom is -0.391 e. The van der Waals surface area contributed by atoms with E-state index in [1.165, 1.54) is 19.4 Å². The minimum atomic E-state index is -1.72. The lowest BCUT2D eigenvalue weighted by Crippen LogP contribution is -2.34. The highest BCUT2D eigenvalue weighted by Gasteiger charge is 2.46. The Labute approximate surface area is 103 Å². The van der Waals surface area contributed by atoms with Crippen molar-refractivity contribution in [1.82, 2.24) is 9.55 Å². The lowest BCUT2D eigenvalue weighted by Gasteiger charge is -2.21. The topological polar surface area (TPSA) is 120 Å². The summed E-state index contributed by atoms with van der Waals surface area (Å²) in [6, 6.07) is 1.44. The van der Waals surface area contributed by atoms with Crippen LogP contribution < -0.4 is 11.4 Å². The van der Waals surface area contributed by atoms with Gasteiger partial charge in [-0.3, -0.25) is 4.57 Å². The average molecular weight is 257 g/mol. The fraction of sp³-hybridized carbons (Fsp3) is 0.600. The van der Waals surface area contributed by atoms with Gasteiger partial charge in [-0.1, -0.05) is 0 Å². The van der Waals surface area contributed by atoms with Gasteiger partial charge < -0.3 is 25.4 Å². The fourth-order valence-corrected chi connectivity index (χ4v) is 1.92. The number of hydrogen-bond donors (Lipinski definition) is 3. The number of aromatic nitrogens is 2. The Bertz CT molecular complexity index is 491. The van der Waals surface area contributed by atoms with Crippen molar-refractivity contribution in [3.05, 3.63) is 22.7 Å². The maximum Gasteiger partial charge on any atom is 0.351 e. The summed E-state index contributed by atoms with van der Waals surface area (Å²) in [5.74, 6) is -1.62. The third kappa shape index (κ3) is 2.23. The molecular weight excluding hydrogens is 242 g/mol. The third-order valence-corrected chi connectivity index (χ3v) is 2.85. The predicted molar refractivity (Wildman–Crippen MR) is 60.5 cm³/mol. The lowest BCUT2D eigenvalue weighted by molar-refractivity contribution is -0.228. The Morgan fingerprint density at radius 1 is 1.78 bits per heavy atom. The Morgan fingerprint density at radius 3 is 3.06 bits per heavy atom. The molecule has 8 heteroatoms. The van der Waals surface area contributed by atoms with E-state index in [9.17, 15) is 9.90 Å². The zero-order valence-corrected chi connectivity index (χ0v) is 9.81. The van der Waals surface area contributed by atoms with Crippen LogP contribution in [-0.4, -0.2) is 45.4 Å². The van der Waals surface area contributed by atoms with E-state index in [1.54, 1.807) is 0 Å². The summed E-state index contributed by atoms with van der Waals surface area (Å²) in [5, 5.41) is 18.9. The van der Waals surface area contributed by atoms with Crippen LogP contribution in [0.25, 0.3) is 0 Å².